The van der Waals surface area contributed by atoms with Crippen LogP contribution >= 0.6 is 23.2 Å². The molecule has 0 saturated carbocycles. The van der Waals surface area contributed by atoms with Gasteiger partial charge in [0.2, 0.25) is 10.0 Å². The van der Waals surface area contributed by atoms with Gasteiger partial charge in [0, 0.05) is 28.9 Å². The highest BCUT2D eigenvalue weighted by atomic mass is 35.5. The molecule has 0 fully saturated rings. The van der Waals surface area contributed by atoms with Gasteiger partial charge in [0.05, 0.1) is 15.6 Å². The Labute approximate surface area is 135 Å². The summed E-state index contributed by atoms with van der Waals surface area (Å²) in [6, 6.07) is 2.15. The molecule has 0 spiro atoms. The highest BCUT2D eigenvalue weighted by Crippen LogP contribution is 2.27. The van der Waals surface area contributed by atoms with E-state index in [0.29, 0.717) is 0 Å². The van der Waals surface area contributed by atoms with Crippen LogP contribution in [0.15, 0.2) is 17.0 Å². The van der Waals surface area contributed by atoms with Crippen molar-refractivity contribution in [3.63, 3.8) is 0 Å². The molecule has 118 valence electrons. The van der Waals surface area contributed by atoms with Gasteiger partial charge in [0.25, 0.3) is 5.91 Å². The molecular formula is C11H14Cl2N2O4S2. The van der Waals surface area contributed by atoms with Crippen LogP contribution in [0, 0.1) is 0 Å². The van der Waals surface area contributed by atoms with Crippen LogP contribution in [0.2, 0.25) is 10.0 Å². The largest absolute Gasteiger partial charge is 0.351 e. The average molecular weight is 373 g/mol. The number of hydrogen-bond acceptors (Lipinski definition) is 4. The number of hydrogen-bond donors (Lipinski definition) is 2. The van der Waals surface area contributed by atoms with E-state index in [4.69, 9.17) is 28.3 Å². The molecule has 0 aliphatic rings. The van der Waals surface area contributed by atoms with E-state index in [2.05, 4.69) is 5.32 Å². The van der Waals surface area contributed by atoms with E-state index in [1.165, 1.54) is 6.26 Å². The molecule has 1 rings (SSSR count). The normalized spacial score (nSPS) is 14.5. The predicted octanol–water partition coefficient (Wildman–Crippen LogP) is 1.14. The van der Waals surface area contributed by atoms with Crippen molar-refractivity contribution in [1.82, 2.24) is 5.32 Å². The van der Waals surface area contributed by atoms with Crippen molar-refractivity contribution in [2.24, 2.45) is 5.14 Å². The summed E-state index contributed by atoms with van der Waals surface area (Å²) < 4.78 is 34.0. The minimum atomic E-state index is -4.07. The molecule has 2 unspecified atom stereocenters. The number of primary sulfonamides is 1. The van der Waals surface area contributed by atoms with Gasteiger partial charge in [0.1, 0.15) is 4.90 Å². The summed E-state index contributed by atoms with van der Waals surface area (Å²) in [6.45, 7) is 1.86. The number of halogens is 2. The first-order valence-electron chi connectivity index (χ1n) is 5.66. The van der Waals surface area contributed by atoms with Gasteiger partial charge in [-0.3, -0.25) is 9.00 Å². The van der Waals surface area contributed by atoms with E-state index >= 15 is 0 Å². The van der Waals surface area contributed by atoms with Gasteiger partial charge >= 0.3 is 0 Å². The topological polar surface area (TPSA) is 106 Å². The monoisotopic (exact) mass is 372 g/mol. The molecule has 0 heterocycles. The number of nitrogens with two attached hydrogens (primary N) is 1. The molecule has 6 nitrogen and oxygen atoms in total. The van der Waals surface area contributed by atoms with Crippen LogP contribution in [0.4, 0.5) is 0 Å². The van der Waals surface area contributed by atoms with Crippen molar-refractivity contribution < 1.29 is 17.4 Å². The first-order chi connectivity index (χ1) is 9.54. The first-order valence-corrected chi connectivity index (χ1v) is 9.58. The van der Waals surface area contributed by atoms with Crippen LogP contribution in [-0.4, -0.2) is 36.6 Å². The van der Waals surface area contributed by atoms with Crippen molar-refractivity contribution >= 4 is 49.9 Å². The molecule has 10 heteroatoms. The van der Waals surface area contributed by atoms with Crippen LogP contribution in [0.3, 0.4) is 0 Å². The van der Waals surface area contributed by atoms with Crippen molar-refractivity contribution in [1.29, 1.82) is 0 Å². The van der Waals surface area contributed by atoms with E-state index in [9.17, 15) is 17.4 Å². The Kier molecular flexibility index (Phi) is 6.18. The number of rotatable bonds is 5. The summed E-state index contributed by atoms with van der Waals surface area (Å²) in [5, 5.41) is 7.11. The molecule has 1 aromatic carbocycles. The summed E-state index contributed by atoms with van der Waals surface area (Å²) in [7, 11) is -5.17. The summed E-state index contributed by atoms with van der Waals surface area (Å²) in [6.07, 6.45) is 1.52. The summed E-state index contributed by atoms with van der Waals surface area (Å²) in [4.78, 5) is 11.6. The summed E-state index contributed by atoms with van der Waals surface area (Å²) in [5.41, 5.74) is -0.0702. The van der Waals surface area contributed by atoms with Crippen molar-refractivity contribution in [3.05, 3.63) is 27.7 Å². The molecule has 21 heavy (non-hydrogen) atoms. The van der Waals surface area contributed by atoms with Gasteiger partial charge in [-0.15, -0.1) is 0 Å². The van der Waals surface area contributed by atoms with Gasteiger partial charge in [-0.05, 0) is 19.1 Å². The lowest BCUT2D eigenvalue weighted by molar-refractivity contribution is 0.0954. The maximum atomic E-state index is 12.0. The zero-order valence-corrected chi connectivity index (χ0v) is 14.4. The van der Waals surface area contributed by atoms with Crippen LogP contribution in [-0.2, 0) is 20.8 Å². The van der Waals surface area contributed by atoms with Crippen LogP contribution in [0.1, 0.15) is 17.3 Å². The Morgan fingerprint density at radius 1 is 1.38 bits per heavy atom. The Morgan fingerprint density at radius 2 is 1.95 bits per heavy atom. The second kappa shape index (κ2) is 7.06. The maximum Gasteiger partial charge on any atom is 0.252 e. The van der Waals surface area contributed by atoms with Crippen LogP contribution in [0.25, 0.3) is 0 Å². The van der Waals surface area contributed by atoms with E-state index < -0.39 is 26.7 Å². The number of nitrogens with one attached hydrogen (secondary N) is 1. The third kappa shape index (κ3) is 4.93. The van der Waals surface area contributed by atoms with Gasteiger partial charge in [0.15, 0.2) is 0 Å². The molecular weight excluding hydrogens is 359 g/mol. The highest BCUT2D eigenvalue weighted by molar-refractivity contribution is 7.89. The second-order valence-corrected chi connectivity index (χ2v) is 8.47. The average Bonchev–Trinajstić information content (AvgIpc) is 2.33. The van der Waals surface area contributed by atoms with Gasteiger partial charge in [-0.1, -0.05) is 23.2 Å². The standard InChI is InChI=1S/C11H14Cl2N2O4S2/c1-6(20(2)17)5-15-11(16)7-3-10(21(14,18)19)9(13)4-8(7)12/h3-4,6H,5H2,1-2H3,(H,15,16)(H2,14,18,19). The fraction of sp³-hybridized carbons (Fsp3) is 0.364. The third-order valence-electron chi connectivity index (χ3n) is 2.69. The first kappa shape index (κ1) is 18.4. The van der Waals surface area contributed by atoms with E-state index in [1.54, 1.807) is 6.92 Å². The Bertz CT molecular complexity index is 692. The number of amides is 1. The van der Waals surface area contributed by atoms with E-state index in [1.807, 2.05) is 0 Å². The molecule has 1 amide bonds. The molecule has 0 aliphatic heterocycles. The van der Waals surface area contributed by atoms with E-state index in [0.717, 1.165) is 12.1 Å². The second-order valence-electron chi connectivity index (χ2n) is 4.33. The Balaban J connectivity index is 3.08. The van der Waals surface area contributed by atoms with Crippen molar-refractivity contribution in [2.75, 3.05) is 12.8 Å². The van der Waals surface area contributed by atoms with Crippen LogP contribution < -0.4 is 10.5 Å². The molecule has 0 aliphatic carbocycles. The SMILES string of the molecule is CC(CNC(=O)c1cc(S(N)(=O)=O)c(Cl)cc1Cl)S(C)=O. The summed E-state index contributed by atoms with van der Waals surface area (Å²) >= 11 is 11.6. The van der Waals surface area contributed by atoms with Crippen molar-refractivity contribution in [3.8, 4) is 0 Å². The minimum absolute atomic E-state index is 0.00447. The molecule has 3 N–H and O–H groups in total. The lowest BCUT2D eigenvalue weighted by atomic mass is 10.2. The molecule has 2 atom stereocenters. The Morgan fingerprint density at radius 3 is 2.43 bits per heavy atom. The molecule has 1 aromatic rings. The number of benzene rings is 1. The quantitative estimate of drug-likeness (QED) is 0.807. The van der Waals surface area contributed by atoms with Crippen molar-refractivity contribution in [2.45, 2.75) is 17.1 Å². The van der Waals surface area contributed by atoms with Gasteiger partial charge in [-0.25, -0.2) is 13.6 Å². The molecule has 0 aromatic heterocycles. The molecule has 0 bridgehead atoms. The lowest BCUT2D eigenvalue weighted by Crippen LogP contribution is -2.32. The zero-order valence-electron chi connectivity index (χ0n) is 11.2. The number of sulfonamides is 1. The highest BCUT2D eigenvalue weighted by Gasteiger charge is 2.20. The van der Waals surface area contributed by atoms with E-state index in [-0.39, 0.29) is 32.3 Å². The zero-order chi connectivity index (χ0) is 16.4. The number of carbonyl (C=O) groups excluding carboxylic acids is 1. The predicted molar refractivity (Wildman–Crippen MR) is 83.7 cm³/mol. The minimum Gasteiger partial charge on any atom is -0.351 e. The fourth-order valence-electron chi connectivity index (χ4n) is 1.37. The number of carbonyl (C=O) groups is 1. The van der Waals surface area contributed by atoms with Gasteiger partial charge < -0.3 is 5.32 Å². The third-order valence-corrected chi connectivity index (χ3v) is 5.68. The van der Waals surface area contributed by atoms with Gasteiger partial charge in [-0.2, -0.15) is 0 Å². The summed E-state index contributed by atoms with van der Waals surface area (Å²) in [5.74, 6) is -0.598. The smallest absolute Gasteiger partial charge is 0.252 e. The lowest BCUT2D eigenvalue weighted by Gasteiger charge is -2.12. The Hall–Kier alpha value is -0.670. The van der Waals surface area contributed by atoms with Crippen LogP contribution in [0.5, 0.6) is 0 Å². The fourth-order valence-corrected chi connectivity index (χ4v) is 3.09. The maximum absolute atomic E-state index is 12.0. The molecule has 0 saturated heterocycles. The molecule has 0 radical (unpaired) electrons.